The summed E-state index contributed by atoms with van der Waals surface area (Å²) >= 11 is 1.27. The number of nitrogens with one attached hydrogen (secondary N) is 2. The smallest absolute Gasteiger partial charge is 0.325 e. The quantitative estimate of drug-likeness (QED) is 0.640. The van der Waals surface area contributed by atoms with Gasteiger partial charge in [-0.05, 0) is 35.6 Å². The number of rotatable bonds is 8. The Morgan fingerprint density at radius 3 is 2.68 bits per heavy atom. The summed E-state index contributed by atoms with van der Waals surface area (Å²) in [7, 11) is 0. The second kappa shape index (κ2) is 9.75. The fraction of sp³-hybridized carbons (Fsp3) is 0.316. The molecular formula is C19H20N2O6S. The molecule has 0 atom stereocenters. The largest absolute Gasteiger partial charge is 0.486 e. The zero-order valence-corrected chi connectivity index (χ0v) is 15.9. The van der Waals surface area contributed by atoms with Gasteiger partial charge in [0.1, 0.15) is 19.8 Å². The van der Waals surface area contributed by atoms with E-state index < -0.39 is 18.5 Å². The van der Waals surface area contributed by atoms with Crippen molar-refractivity contribution in [3.05, 3.63) is 46.2 Å². The standard InChI is InChI=1S/C19H20N2O6S/c22-17(12-27-18(23)11-21-19(24)16-2-1-9-28-16)20-6-5-13-3-4-14-15(10-13)26-8-7-25-14/h1-4,9-10H,5-8,11-12H2,(H,20,22)(H,21,24). The van der Waals surface area contributed by atoms with E-state index in [0.717, 1.165) is 11.3 Å². The highest BCUT2D eigenvalue weighted by atomic mass is 32.1. The molecule has 0 fully saturated rings. The molecule has 8 nitrogen and oxygen atoms in total. The van der Waals surface area contributed by atoms with E-state index in [-0.39, 0.29) is 12.5 Å². The van der Waals surface area contributed by atoms with Crippen molar-refractivity contribution >= 4 is 29.1 Å². The maximum Gasteiger partial charge on any atom is 0.325 e. The van der Waals surface area contributed by atoms with Gasteiger partial charge in [-0.1, -0.05) is 12.1 Å². The van der Waals surface area contributed by atoms with Crippen molar-refractivity contribution in [2.24, 2.45) is 0 Å². The monoisotopic (exact) mass is 404 g/mol. The van der Waals surface area contributed by atoms with Gasteiger partial charge in [-0.3, -0.25) is 14.4 Å². The summed E-state index contributed by atoms with van der Waals surface area (Å²) in [5, 5.41) is 6.89. The fourth-order valence-electron chi connectivity index (χ4n) is 2.48. The third-order valence-electron chi connectivity index (χ3n) is 3.84. The Balaban J connectivity index is 1.31. The van der Waals surface area contributed by atoms with Gasteiger partial charge in [0.15, 0.2) is 18.1 Å². The molecule has 0 bridgehead atoms. The molecule has 0 aliphatic carbocycles. The van der Waals surface area contributed by atoms with Gasteiger partial charge in [0.2, 0.25) is 0 Å². The van der Waals surface area contributed by atoms with Crippen molar-refractivity contribution < 1.29 is 28.6 Å². The molecule has 2 heterocycles. The Hall–Kier alpha value is -3.07. The molecule has 148 valence electrons. The summed E-state index contributed by atoms with van der Waals surface area (Å²) in [6, 6.07) is 9.04. The third kappa shape index (κ3) is 5.71. The Labute approximate surface area is 165 Å². The van der Waals surface area contributed by atoms with Gasteiger partial charge in [0, 0.05) is 6.54 Å². The first-order chi connectivity index (χ1) is 13.6. The Bertz CT molecular complexity index is 837. The van der Waals surface area contributed by atoms with E-state index in [9.17, 15) is 14.4 Å². The van der Waals surface area contributed by atoms with E-state index in [4.69, 9.17) is 14.2 Å². The lowest BCUT2D eigenvalue weighted by Gasteiger charge is -2.18. The third-order valence-corrected chi connectivity index (χ3v) is 4.71. The summed E-state index contributed by atoms with van der Waals surface area (Å²) in [6.07, 6.45) is 0.604. The van der Waals surface area contributed by atoms with Gasteiger partial charge < -0.3 is 24.8 Å². The van der Waals surface area contributed by atoms with Crippen LogP contribution < -0.4 is 20.1 Å². The van der Waals surface area contributed by atoms with Crippen molar-refractivity contribution in [1.82, 2.24) is 10.6 Å². The molecular weight excluding hydrogens is 384 g/mol. The van der Waals surface area contributed by atoms with Gasteiger partial charge in [0.25, 0.3) is 11.8 Å². The molecule has 2 N–H and O–H groups in total. The summed E-state index contributed by atoms with van der Waals surface area (Å²) in [5.74, 6) is -0.0103. The van der Waals surface area contributed by atoms with Crippen molar-refractivity contribution in [2.75, 3.05) is 32.9 Å². The molecule has 28 heavy (non-hydrogen) atoms. The molecule has 0 unspecified atom stereocenters. The van der Waals surface area contributed by atoms with Crippen molar-refractivity contribution in [3.8, 4) is 11.5 Å². The highest BCUT2D eigenvalue weighted by Crippen LogP contribution is 2.30. The average molecular weight is 404 g/mol. The number of benzene rings is 1. The van der Waals surface area contributed by atoms with Crippen molar-refractivity contribution in [3.63, 3.8) is 0 Å². The number of ether oxygens (including phenoxy) is 3. The fourth-order valence-corrected chi connectivity index (χ4v) is 3.13. The predicted octanol–water partition coefficient (Wildman–Crippen LogP) is 1.15. The minimum Gasteiger partial charge on any atom is -0.486 e. The van der Waals surface area contributed by atoms with Crippen LogP contribution in [0, 0.1) is 0 Å². The lowest BCUT2D eigenvalue weighted by molar-refractivity contribution is -0.147. The van der Waals surface area contributed by atoms with Gasteiger partial charge in [-0.15, -0.1) is 11.3 Å². The van der Waals surface area contributed by atoms with Crippen LogP contribution in [0.15, 0.2) is 35.7 Å². The van der Waals surface area contributed by atoms with E-state index in [1.807, 2.05) is 18.2 Å². The minimum absolute atomic E-state index is 0.290. The number of hydrogen-bond acceptors (Lipinski definition) is 7. The molecule has 0 radical (unpaired) electrons. The van der Waals surface area contributed by atoms with Crippen LogP contribution in [0.2, 0.25) is 0 Å². The van der Waals surface area contributed by atoms with E-state index >= 15 is 0 Å². The van der Waals surface area contributed by atoms with Gasteiger partial charge in [0.05, 0.1) is 4.88 Å². The minimum atomic E-state index is -0.674. The number of amides is 2. The lowest BCUT2D eigenvalue weighted by Crippen LogP contribution is -2.34. The van der Waals surface area contributed by atoms with Gasteiger partial charge >= 0.3 is 5.97 Å². The zero-order valence-electron chi connectivity index (χ0n) is 15.1. The highest BCUT2D eigenvalue weighted by Gasteiger charge is 2.13. The number of carbonyl (C=O) groups is 3. The summed E-state index contributed by atoms with van der Waals surface area (Å²) in [4.78, 5) is 35.6. The molecule has 1 aliphatic rings. The Morgan fingerprint density at radius 2 is 1.89 bits per heavy atom. The van der Waals surface area contributed by atoms with E-state index in [1.165, 1.54) is 11.3 Å². The predicted molar refractivity (Wildman–Crippen MR) is 102 cm³/mol. The molecule has 1 aromatic heterocycles. The number of esters is 1. The molecule has 2 amide bonds. The van der Waals surface area contributed by atoms with Crippen LogP contribution in [-0.4, -0.2) is 50.7 Å². The van der Waals surface area contributed by atoms with Crippen LogP contribution in [0.3, 0.4) is 0 Å². The topological polar surface area (TPSA) is 103 Å². The second-order valence-electron chi connectivity index (χ2n) is 5.90. The first-order valence-electron chi connectivity index (χ1n) is 8.74. The molecule has 0 saturated heterocycles. The van der Waals surface area contributed by atoms with Crippen LogP contribution in [-0.2, 0) is 20.7 Å². The summed E-state index contributed by atoms with van der Waals surface area (Å²) in [6.45, 7) is 0.770. The summed E-state index contributed by atoms with van der Waals surface area (Å²) < 4.78 is 15.8. The molecule has 3 rings (SSSR count). The van der Waals surface area contributed by atoms with Crippen molar-refractivity contribution in [1.29, 1.82) is 0 Å². The molecule has 0 saturated carbocycles. The van der Waals surface area contributed by atoms with Crippen LogP contribution in [0.1, 0.15) is 15.2 Å². The van der Waals surface area contributed by atoms with Crippen molar-refractivity contribution in [2.45, 2.75) is 6.42 Å². The van der Waals surface area contributed by atoms with Crippen LogP contribution in [0.4, 0.5) is 0 Å². The molecule has 0 spiro atoms. The Kier molecular flexibility index (Phi) is 6.85. The van der Waals surface area contributed by atoms with Crippen LogP contribution in [0.25, 0.3) is 0 Å². The second-order valence-corrected chi connectivity index (χ2v) is 6.85. The van der Waals surface area contributed by atoms with E-state index in [1.54, 1.807) is 17.5 Å². The first kappa shape index (κ1) is 19.7. The maximum absolute atomic E-state index is 11.8. The Morgan fingerprint density at radius 1 is 1.07 bits per heavy atom. The number of hydrogen-bond donors (Lipinski definition) is 2. The van der Waals surface area contributed by atoms with Crippen LogP contribution in [0.5, 0.6) is 11.5 Å². The average Bonchev–Trinajstić information content (AvgIpc) is 3.25. The number of carbonyl (C=O) groups excluding carboxylic acids is 3. The van der Waals surface area contributed by atoms with E-state index in [0.29, 0.717) is 36.8 Å². The summed E-state index contributed by atoms with van der Waals surface area (Å²) in [5.41, 5.74) is 0.998. The van der Waals surface area contributed by atoms with Gasteiger partial charge in [-0.2, -0.15) is 0 Å². The number of fused-ring (bicyclic) bond motifs is 1. The lowest BCUT2D eigenvalue weighted by atomic mass is 10.1. The van der Waals surface area contributed by atoms with E-state index in [2.05, 4.69) is 10.6 Å². The molecule has 1 aliphatic heterocycles. The molecule has 1 aromatic carbocycles. The molecule has 2 aromatic rings. The number of thiophene rings is 1. The zero-order chi connectivity index (χ0) is 19.8. The van der Waals surface area contributed by atoms with Crippen LogP contribution >= 0.6 is 11.3 Å². The first-order valence-corrected chi connectivity index (χ1v) is 9.62. The maximum atomic E-state index is 11.8. The normalized spacial score (nSPS) is 12.1. The highest BCUT2D eigenvalue weighted by molar-refractivity contribution is 7.12. The SMILES string of the molecule is O=C(COC(=O)CNC(=O)c1cccs1)NCCc1ccc2c(c1)OCCO2. The molecule has 9 heteroatoms. The van der Waals surface area contributed by atoms with Gasteiger partial charge in [-0.25, -0.2) is 0 Å².